The number of nitrogens with one attached hydrogen (secondary N) is 1. The Balaban J connectivity index is 1.65. The van der Waals surface area contributed by atoms with E-state index in [4.69, 9.17) is 0 Å². The average Bonchev–Trinajstić information content (AvgIpc) is 3.20. The van der Waals surface area contributed by atoms with Crippen molar-refractivity contribution < 1.29 is 4.79 Å². The van der Waals surface area contributed by atoms with E-state index in [0.29, 0.717) is 6.54 Å². The van der Waals surface area contributed by atoms with Gasteiger partial charge in [-0.15, -0.1) is 11.3 Å². The van der Waals surface area contributed by atoms with Gasteiger partial charge in [0.2, 0.25) is 0 Å². The fourth-order valence-electron chi connectivity index (χ4n) is 3.13. The van der Waals surface area contributed by atoms with E-state index in [1.165, 1.54) is 16.0 Å². The number of benzene rings is 1. The summed E-state index contributed by atoms with van der Waals surface area (Å²) >= 11 is 1.74. The lowest BCUT2D eigenvalue weighted by Gasteiger charge is -2.09. The van der Waals surface area contributed by atoms with E-state index >= 15 is 0 Å². The number of aromatic nitrogens is 1. The first-order valence-electron chi connectivity index (χ1n) is 8.58. The first-order chi connectivity index (χ1) is 12.1. The molecule has 0 saturated carbocycles. The minimum atomic E-state index is 0.0131. The van der Waals surface area contributed by atoms with Crippen LogP contribution in [-0.4, -0.2) is 17.0 Å². The maximum absolute atomic E-state index is 12.6. The molecule has 0 fully saturated rings. The summed E-state index contributed by atoms with van der Waals surface area (Å²) in [6.07, 6.45) is 0.854. The van der Waals surface area contributed by atoms with Crippen molar-refractivity contribution >= 4 is 17.2 Å². The summed E-state index contributed by atoms with van der Waals surface area (Å²) < 4.78 is 2.21. The van der Waals surface area contributed by atoms with Crippen LogP contribution in [0.25, 0.3) is 0 Å². The molecule has 0 saturated heterocycles. The normalized spacial score (nSPS) is 10.8. The largest absolute Gasteiger partial charge is 0.352 e. The molecule has 25 heavy (non-hydrogen) atoms. The van der Waals surface area contributed by atoms with Crippen molar-refractivity contribution in [3.05, 3.63) is 80.8 Å². The predicted octanol–water partition coefficient (Wildman–Crippen LogP) is 4.50. The number of hydrogen-bond donors (Lipinski definition) is 1. The summed E-state index contributed by atoms with van der Waals surface area (Å²) in [7, 11) is 0. The third-order valence-corrected chi connectivity index (χ3v) is 5.51. The quantitative estimate of drug-likeness (QED) is 0.696. The third kappa shape index (κ3) is 4.02. The first kappa shape index (κ1) is 17.5. The van der Waals surface area contributed by atoms with Crippen molar-refractivity contribution in [3.8, 4) is 0 Å². The summed E-state index contributed by atoms with van der Waals surface area (Å²) in [5, 5.41) is 5.15. The summed E-state index contributed by atoms with van der Waals surface area (Å²) in [5.41, 5.74) is 5.48. The molecular formula is C21H24N2OS. The van der Waals surface area contributed by atoms with E-state index in [9.17, 15) is 4.79 Å². The number of carbonyl (C=O) groups excluding carboxylic acids is 1. The Morgan fingerprint density at radius 1 is 1.12 bits per heavy atom. The molecule has 0 aliphatic carbocycles. The minimum Gasteiger partial charge on any atom is -0.352 e. The number of amides is 1. The van der Waals surface area contributed by atoms with Gasteiger partial charge < -0.3 is 9.88 Å². The van der Waals surface area contributed by atoms with Crippen LogP contribution in [0.5, 0.6) is 0 Å². The van der Waals surface area contributed by atoms with Gasteiger partial charge >= 0.3 is 0 Å². The molecule has 2 heterocycles. The molecule has 1 aromatic carbocycles. The third-order valence-electron chi connectivity index (χ3n) is 4.65. The molecule has 0 spiro atoms. The second kappa shape index (κ2) is 7.70. The van der Waals surface area contributed by atoms with E-state index < -0.39 is 0 Å². The molecule has 3 rings (SSSR count). The van der Waals surface area contributed by atoms with Crippen LogP contribution in [0.15, 0.2) is 47.8 Å². The van der Waals surface area contributed by atoms with Gasteiger partial charge in [0.25, 0.3) is 5.91 Å². The number of rotatable bonds is 6. The molecule has 0 radical (unpaired) electrons. The standard InChI is InChI=1S/C21H24N2OS/c1-15-7-4-5-8-18(15)10-11-22-21(24)20-13-16(2)23(17(20)3)14-19-9-6-12-25-19/h4-9,12-13H,10-11,14H2,1-3H3,(H,22,24). The zero-order valence-corrected chi connectivity index (χ0v) is 15.8. The molecule has 4 heteroatoms. The molecule has 130 valence electrons. The zero-order valence-electron chi connectivity index (χ0n) is 15.0. The van der Waals surface area contributed by atoms with Gasteiger partial charge in [-0.1, -0.05) is 30.3 Å². The van der Waals surface area contributed by atoms with E-state index in [0.717, 1.165) is 29.9 Å². The van der Waals surface area contributed by atoms with Crippen LogP contribution < -0.4 is 5.32 Å². The van der Waals surface area contributed by atoms with Gasteiger partial charge in [0.05, 0.1) is 12.1 Å². The topological polar surface area (TPSA) is 34.0 Å². The number of thiophene rings is 1. The highest BCUT2D eigenvalue weighted by atomic mass is 32.1. The monoisotopic (exact) mass is 352 g/mol. The summed E-state index contributed by atoms with van der Waals surface area (Å²) in [6, 6.07) is 14.5. The zero-order chi connectivity index (χ0) is 17.8. The van der Waals surface area contributed by atoms with E-state index in [2.05, 4.69) is 53.4 Å². The van der Waals surface area contributed by atoms with E-state index in [-0.39, 0.29) is 5.91 Å². The second-order valence-electron chi connectivity index (χ2n) is 6.38. The van der Waals surface area contributed by atoms with Crippen LogP contribution in [0, 0.1) is 20.8 Å². The van der Waals surface area contributed by atoms with Crippen LogP contribution in [0.4, 0.5) is 0 Å². The fourth-order valence-corrected chi connectivity index (χ4v) is 3.82. The van der Waals surface area contributed by atoms with Crippen LogP contribution in [0.2, 0.25) is 0 Å². The summed E-state index contributed by atoms with van der Waals surface area (Å²) in [6.45, 7) is 7.67. The van der Waals surface area contributed by atoms with Crippen LogP contribution >= 0.6 is 11.3 Å². The van der Waals surface area contributed by atoms with Gasteiger partial charge in [-0.05, 0) is 55.8 Å². The lowest BCUT2D eigenvalue weighted by atomic mass is 10.1. The Morgan fingerprint density at radius 3 is 2.64 bits per heavy atom. The van der Waals surface area contributed by atoms with Crippen LogP contribution in [0.3, 0.4) is 0 Å². The fraction of sp³-hybridized carbons (Fsp3) is 0.286. The smallest absolute Gasteiger partial charge is 0.253 e. The van der Waals surface area contributed by atoms with Gasteiger partial charge in [-0.3, -0.25) is 4.79 Å². The van der Waals surface area contributed by atoms with Gasteiger partial charge in [-0.2, -0.15) is 0 Å². The molecule has 3 nitrogen and oxygen atoms in total. The van der Waals surface area contributed by atoms with Crippen molar-refractivity contribution in [2.24, 2.45) is 0 Å². The molecule has 2 aromatic heterocycles. The molecule has 0 atom stereocenters. The van der Waals surface area contributed by atoms with Crippen molar-refractivity contribution in [3.63, 3.8) is 0 Å². The van der Waals surface area contributed by atoms with Gasteiger partial charge in [0.15, 0.2) is 0 Å². The Kier molecular flexibility index (Phi) is 5.39. The molecule has 0 aliphatic rings. The first-order valence-corrected chi connectivity index (χ1v) is 9.46. The molecule has 1 N–H and O–H groups in total. The number of hydrogen-bond acceptors (Lipinski definition) is 2. The molecule has 0 bridgehead atoms. The van der Waals surface area contributed by atoms with Crippen molar-refractivity contribution in [2.75, 3.05) is 6.54 Å². The van der Waals surface area contributed by atoms with E-state index in [1.807, 2.05) is 25.1 Å². The SMILES string of the molecule is Cc1ccccc1CCNC(=O)c1cc(C)n(Cc2cccs2)c1C. The van der Waals surface area contributed by atoms with Crippen molar-refractivity contribution in [1.82, 2.24) is 9.88 Å². The molecule has 0 unspecified atom stereocenters. The maximum Gasteiger partial charge on any atom is 0.253 e. The lowest BCUT2D eigenvalue weighted by Crippen LogP contribution is -2.26. The van der Waals surface area contributed by atoms with Gasteiger partial charge in [0.1, 0.15) is 0 Å². The Morgan fingerprint density at radius 2 is 1.92 bits per heavy atom. The average molecular weight is 353 g/mol. The summed E-state index contributed by atoms with van der Waals surface area (Å²) in [4.78, 5) is 13.9. The predicted molar refractivity (Wildman–Crippen MR) is 105 cm³/mol. The number of nitrogens with zero attached hydrogens (tertiary/aromatic N) is 1. The molecule has 0 aliphatic heterocycles. The molecule has 3 aromatic rings. The van der Waals surface area contributed by atoms with Crippen molar-refractivity contribution in [1.29, 1.82) is 0 Å². The molecule has 1 amide bonds. The molecular weight excluding hydrogens is 328 g/mol. The van der Waals surface area contributed by atoms with E-state index in [1.54, 1.807) is 11.3 Å². The van der Waals surface area contributed by atoms with Crippen LogP contribution in [0.1, 0.15) is 37.7 Å². The highest BCUT2D eigenvalue weighted by molar-refractivity contribution is 7.09. The van der Waals surface area contributed by atoms with Gasteiger partial charge in [-0.25, -0.2) is 0 Å². The maximum atomic E-state index is 12.6. The summed E-state index contributed by atoms with van der Waals surface area (Å²) in [5.74, 6) is 0.0131. The minimum absolute atomic E-state index is 0.0131. The lowest BCUT2D eigenvalue weighted by molar-refractivity contribution is 0.0953. The van der Waals surface area contributed by atoms with Crippen molar-refractivity contribution in [2.45, 2.75) is 33.7 Å². The second-order valence-corrected chi connectivity index (χ2v) is 7.41. The Labute approximate surface area is 153 Å². The Hall–Kier alpha value is -2.33. The van der Waals surface area contributed by atoms with Crippen LogP contribution in [-0.2, 0) is 13.0 Å². The number of aryl methyl sites for hydroxylation is 2. The highest BCUT2D eigenvalue weighted by Crippen LogP contribution is 2.19. The van der Waals surface area contributed by atoms with Gasteiger partial charge in [0, 0.05) is 22.8 Å². The highest BCUT2D eigenvalue weighted by Gasteiger charge is 2.15. The number of carbonyl (C=O) groups is 1. The Bertz CT molecular complexity index is 862.